The summed E-state index contributed by atoms with van der Waals surface area (Å²) in [6, 6.07) is 5.82. The van der Waals surface area contributed by atoms with Gasteiger partial charge in [-0.3, -0.25) is 0 Å². The van der Waals surface area contributed by atoms with Crippen molar-refractivity contribution in [2.45, 2.75) is 6.92 Å². The molecular formula is C7H7Cl2Mg2O3P. The molecule has 0 fully saturated rings. The van der Waals surface area contributed by atoms with Gasteiger partial charge in [-0.05, 0) is 19.8 Å². The van der Waals surface area contributed by atoms with Gasteiger partial charge in [0.05, 0.1) is 0 Å². The minimum absolute atomic E-state index is 0. The first-order chi connectivity index (χ1) is 5.00. The van der Waals surface area contributed by atoms with E-state index in [9.17, 15) is 14.4 Å². The molecule has 0 unspecified atom stereocenters. The molecule has 0 saturated heterocycles. The second-order valence-electron chi connectivity index (χ2n) is 2.33. The third-order valence-corrected chi connectivity index (χ3v) is 2.28. The molecule has 1 rings (SSSR count). The van der Waals surface area contributed by atoms with Gasteiger partial charge in [-0.25, -0.2) is 0 Å². The van der Waals surface area contributed by atoms with Crippen LogP contribution >= 0.6 is 7.60 Å². The van der Waals surface area contributed by atoms with Crippen molar-refractivity contribution in [2.24, 2.45) is 0 Å². The van der Waals surface area contributed by atoms with Crippen LogP contribution in [0, 0.1) is 6.92 Å². The molecule has 1 aromatic carbocycles. The maximum atomic E-state index is 10.4. The SMILES string of the molecule is Cc1ccc(P(=O)([O-])[O-])cc1.[Cl-].[Cl-].[Mg+2].[Mg+2]. The predicted molar refractivity (Wildman–Crippen MR) is 49.9 cm³/mol. The van der Waals surface area contributed by atoms with Gasteiger partial charge in [0.25, 0.3) is 0 Å². The summed E-state index contributed by atoms with van der Waals surface area (Å²) in [6.07, 6.45) is 0. The molecule has 0 amide bonds. The molecule has 0 aliphatic rings. The fourth-order valence-corrected chi connectivity index (χ4v) is 1.24. The average molecular weight is 290 g/mol. The molecule has 0 aromatic heterocycles. The summed E-state index contributed by atoms with van der Waals surface area (Å²) in [5, 5.41) is -0.150. The van der Waals surface area contributed by atoms with E-state index in [-0.39, 0.29) is 76.2 Å². The molecule has 0 aliphatic carbocycles. The number of hydrogen-bond acceptors (Lipinski definition) is 3. The Morgan fingerprint density at radius 3 is 1.60 bits per heavy atom. The third kappa shape index (κ3) is 9.21. The van der Waals surface area contributed by atoms with Crippen molar-refractivity contribution >= 4 is 59.0 Å². The Morgan fingerprint density at radius 2 is 1.33 bits per heavy atom. The summed E-state index contributed by atoms with van der Waals surface area (Å²) >= 11 is 0. The maximum Gasteiger partial charge on any atom is 2.00 e. The van der Waals surface area contributed by atoms with Gasteiger partial charge in [-0.2, -0.15) is 0 Å². The molecule has 1 aromatic rings. The second kappa shape index (κ2) is 10.6. The monoisotopic (exact) mass is 288 g/mol. The Kier molecular flexibility index (Phi) is 18.0. The fraction of sp³-hybridized carbons (Fsp3) is 0.143. The van der Waals surface area contributed by atoms with Crippen LogP contribution in [0.25, 0.3) is 0 Å². The van der Waals surface area contributed by atoms with Gasteiger partial charge < -0.3 is 39.2 Å². The molecule has 0 saturated carbocycles. The van der Waals surface area contributed by atoms with E-state index in [1.54, 1.807) is 12.1 Å². The Labute approximate surface area is 134 Å². The molecule has 3 nitrogen and oxygen atoms in total. The Bertz CT molecular complexity index is 302. The predicted octanol–water partition coefficient (Wildman–Crippen LogP) is -7.22. The van der Waals surface area contributed by atoms with Crippen molar-refractivity contribution < 1.29 is 39.2 Å². The fourth-order valence-electron chi connectivity index (χ4n) is 0.727. The van der Waals surface area contributed by atoms with Crippen LogP contribution in [0.3, 0.4) is 0 Å². The van der Waals surface area contributed by atoms with Gasteiger partial charge in [0, 0.05) is 0 Å². The van der Waals surface area contributed by atoms with Crippen molar-refractivity contribution in [1.82, 2.24) is 0 Å². The molecule has 0 aliphatic heterocycles. The van der Waals surface area contributed by atoms with Gasteiger partial charge in [-0.15, -0.1) is 0 Å². The molecule has 0 atom stereocenters. The summed E-state index contributed by atoms with van der Waals surface area (Å²) in [7, 11) is -4.54. The zero-order valence-electron chi connectivity index (χ0n) is 8.15. The Hall–Kier alpha value is 1.48. The summed E-state index contributed by atoms with van der Waals surface area (Å²) in [4.78, 5) is 20.8. The van der Waals surface area contributed by atoms with Crippen molar-refractivity contribution in [2.75, 3.05) is 0 Å². The van der Waals surface area contributed by atoms with Crippen LogP contribution < -0.4 is 39.9 Å². The van der Waals surface area contributed by atoms with Crippen LogP contribution in [0.15, 0.2) is 24.3 Å². The van der Waals surface area contributed by atoms with E-state index in [0.29, 0.717) is 0 Å². The van der Waals surface area contributed by atoms with E-state index in [2.05, 4.69) is 0 Å². The van der Waals surface area contributed by atoms with Gasteiger partial charge in [0.15, 0.2) is 0 Å². The molecule has 0 N–H and O–H groups in total. The average Bonchev–Trinajstić information content (AvgIpc) is 1.86. The first-order valence-corrected chi connectivity index (χ1v) is 4.64. The molecule has 15 heavy (non-hydrogen) atoms. The van der Waals surface area contributed by atoms with E-state index in [1.165, 1.54) is 12.1 Å². The Morgan fingerprint density at radius 1 is 1.00 bits per heavy atom. The maximum absolute atomic E-state index is 10.4. The molecule has 0 heterocycles. The largest absolute Gasteiger partial charge is 2.00 e. The van der Waals surface area contributed by atoms with E-state index >= 15 is 0 Å². The van der Waals surface area contributed by atoms with Crippen molar-refractivity contribution in [3.8, 4) is 0 Å². The van der Waals surface area contributed by atoms with Crippen LogP contribution in [-0.2, 0) is 4.57 Å². The standard InChI is InChI=1S/C7H9O3P.2ClH.2Mg/c1-6-2-4-7(5-3-6)11(8,9)10;;;;/h2-5H,1H3,(H2,8,9,10);2*1H;;/q;;;2*+2/p-4. The third-order valence-electron chi connectivity index (χ3n) is 1.35. The van der Waals surface area contributed by atoms with Crippen LogP contribution in [0.1, 0.15) is 5.56 Å². The Balaban J connectivity index is -0.000000151. The van der Waals surface area contributed by atoms with Crippen LogP contribution in [0.5, 0.6) is 0 Å². The van der Waals surface area contributed by atoms with Gasteiger partial charge in [0.2, 0.25) is 0 Å². The number of hydrogen-bond donors (Lipinski definition) is 0. The minimum Gasteiger partial charge on any atom is -1.00 e. The van der Waals surface area contributed by atoms with E-state index in [0.717, 1.165) is 5.56 Å². The van der Waals surface area contributed by atoms with Crippen molar-refractivity contribution in [1.29, 1.82) is 0 Å². The van der Waals surface area contributed by atoms with Crippen LogP contribution in [-0.4, -0.2) is 46.1 Å². The summed E-state index contributed by atoms with van der Waals surface area (Å²) in [6.45, 7) is 1.82. The summed E-state index contributed by atoms with van der Waals surface area (Å²) < 4.78 is 10.4. The topological polar surface area (TPSA) is 63.2 Å². The van der Waals surface area contributed by atoms with Crippen LogP contribution in [0.2, 0.25) is 0 Å². The molecule has 0 spiro atoms. The number of rotatable bonds is 1. The first kappa shape index (κ1) is 25.4. The smallest absolute Gasteiger partial charge is 1.00 e. The molecule has 8 heteroatoms. The minimum atomic E-state index is -4.54. The van der Waals surface area contributed by atoms with Crippen molar-refractivity contribution in [3.05, 3.63) is 29.8 Å². The zero-order chi connectivity index (χ0) is 8.48. The first-order valence-electron chi connectivity index (χ1n) is 3.09. The van der Waals surface area contributed by atoms with E-state index in [4.69, 9.17) is 0 Å². The van der Waals surface area contributed by atoms with Gasteiger partial charge in [-0.1, -0.05) is 29.8 Å². The quantitative estimate of drug-likeness (QED) is 0.381. The second-order valence-corrected chi connectivity index (χ2v) is 3.84. The van der Waals surface area contributed by atoms with Crippen LogP contribution in [0.4, 0.5) is 0 Å². The number of halogens is 2. The normalized spacial score (nSPS) is 8.47. The van der Waals surface area contributed by atoms with E-state index < -0.39 is 7.60 Å². The molecular weight excluding hydrogens is 283 g/mol. The molecule has 76 valence electrons. The number of aryl methyl sites for hydroxylation is 1. The molecule has 0 radical (unpaired) electrons. The van der Waals surface area contributed by atoms with E-state index in [1.807, 2.05) is 6.92 Å². The number of benzene rings is 1. The molecule has 0 bridgehead atoms. The summed E-state index contributed by atoms with van der Waals surface area (Å²) in [5.74, 6) is 0. The van der Waals surface area contributed by atoms with Gasteiger partial charge in [0.1, 0.15) is 0 Å². The van der Waals surface area contributed by atoms with Crippen molar-refractivity contribution in [3.63, 3.8) is 0 Å². The summed E-state index contributed by atoms with van der Waals surface area (Å²) in [5.41, 5.74) is 0.933. The van der Waals surface area contributed by atoms with Gasteiger partial charge >= 0.3 is 46.1 Å². The zero-order valence-corrected chi connectivity index (χ0v) is 13.4.